The summed E-state index contributed by atoms with van der Waals surface area (Å²) in [4.78, 5) is 20.5. The number of allylic oxidation sites excluding steroid dienone is 1. The van der Waals surface area contributed by atoms with Gasteiger partial charge in [-0.1, -0.05) is 43.2 Å². The molecular formula is C22H31NO4. The third-order valence-corrected chi connectivity index (χ3v) is 5.54. The molecule has 2 aliphatic carbocycles. The molecule has 1 aromatic rings. The van der Waals surface area contributed by atoms with Gasteiger partial charge in [-0.25, -0.2) is 9.59 Å². The predicted octanol–water partition coefficient (Wildman–Crippen LogP) is 3.93. The van der Waals surface area contributed by atoms with Crippen LogP contribution in [0.1, 0.15) is 49.7 Å². The van der Waals surface area contributed by atoms with Crippen LogP contribution in [-0.4, -0.2) is 47.7 Å². The van der Waals surface area contributed by atoms with Crippen molar-refractivity contribution in [3.05, 3.63) is 41.5 Å². The molecule has 1 saturated carbocycles. The van der Waals surface area contributed by atoms with Gasteiger partial charge in [-0.05, 0) is 74.7 Å². The highest BCUT2D eigenvalue weighted by molar-refractivity contribution is 6.27. The quantitative estimate of drug-likeness (QED) is 0.785. The zero-order valence-electron chi connectivity index (χ0n) is 16.4. The third-order valence-electron chi connectivity index (χ3n) is 5.54. The molecule has 0 aromatic heterocycles. The molecular weight excluding hydrogens is 342 g/mol. The fourth-order valence-corrected chi connectivity index (χ4v) is 4.26. The van der Waals surface area contributed by atoms with Gasteiger partial charge in [-0.3, -0.25) is 0 Å². The molecule has 2 aliphatic rings. The summed E-state index contributed by atoms with van der Waals surface area (Å²) in [6, 6.07) is 9.16. The number of carboxylic acids is 2. The summed E-state index contributed by atoms with van der Waals surface area (Å²) in [6.45, 7) is 1.16. The van der Waals surface area contributed by atoms with Crippen LogP contribution in [-0.2, 0) is 16.0 Å². The van der Waals surface area contributed by atoms with E-state index in [9.17, 15) is 0 Å². The summed E-state index contributed by atoms with van der Waals surface area (Å²) >= 11 is 0. The van der Waals surface area contributed by atoms with Crippen molar-refractivity contribution >= 4 is 17.5 Å². The molecule has 27 heavy (non-hydrogen) atoms. The maximum Gasteiger partial charge on any atom is 0.414 e. The molecule has 2 N–H and O–H groups in total. The molecule has 148 valence electrons. The minimum absolute atomic E-state index is 0.824. The Labute approximate surface area is 161 Å². The molecule has 5 heteroatoms. The van der Waals surface area contributed by atoms with Crippen LogP contribution in [0.4, 0.5) is 0 Å². The number of benzene rings is 1. The molecule has 2 atom stereocenters. The largest absolute Gasteiger partial charge is 0.473 e. The van der Waals surface area contributed by atoms with E-state index in [1.54, 1.807) is 16.7 Å². The molecule has 1 aromatic carbocycles. The summed E-state index contributed by atoms with van der Waals surface area (Å²) in [6.07, 6.45) is 12.1. The monoisotopic (exact) mass is 373 g/mol. The zero-order valence-corrected chi connectivity index (χ0v) is 16.4. The summed E-state index contributed by atoms with van der Waals surface area (Å²) < 4.78 is 0. The SMILES string of the molecule is CN(C)CCC=C1c2ccccc2CCC2CCCCC12.O=C(O)C(=O)O. The Kier molecular flexibility index (Phi) is 8.04. The molecule has 0 amide bonds. The lowest BCUT2D eigenvalue weighted by Crippen LogP contribution is -2.20. The number of fused-ring (bicyclic) bond motifs is 2. The molecule has 0 aliphatic heterocycles. The highest BCUT2D eigenvalue weighted by Gasteiger charge is 2.31. The molecule has 0 spiro atoms. The van der Waals surface area contributed by atoms with Gasteiger partial charge in [0.25, 0.3) is 0 Å². The van der Waals surface area contributed by atoms with Crippen molar-refractivity contribution in [1.82, 2.24) is 4.90 Å². The number of hydrogen-bond donors (Lipinski definition) is 2. The van der Waals surface area contributed by atoms with Crippen LogP contribution in [0.2, 0.25) is 0 Å². The van der Waals surface area contributed by atoms with Crippen LogP contribution in [0.3, 0.4) is 0 Å². The Balaban J connectivity index is 0.000000380. The van der Waals surface area contributed by atoms with E-state index in [1.165, 1.54) is 44.9 Å². The molecule has 0 radical (unpaired) electrons. The Morgan fingerprint density at radius 2 is 1.74 bits per heavy atom. The number of carbonyl (C=O) groups is 2. The first-order chi connectivity index (χ1) is 12.9. The fourth-order valence-electron chi connectivity index (χ4n) is 4.26. The van der Waals surface area contributed by atoms with Gasteiger partial charge in [0.05, 0.1) is 0 Å². The molecule has 0 heterocycles. The van der Waals surface area contributed by atoms with Gasteiger partial charge in [0.2, 0.25) is 0 Å². The second-order valence-electron chi connectivity index (χ2n) is 7.71. The lowest BCUT2D eigenvalue weighted by molar-refractivity contribution is -0.159. The maximum atomic E-state index is 9.10. The van der Waals surface area contributed by atoms with Crippen molar-refractivity contribution in [3.8, 4) is 0 Å². The van der Waals surface area contributed by atoms with Gasteiger partial charge in [0.15, 0.2) is 0 Å². The first-order valence-corrected chi connectivity index (χ1v) is 9.79. The maximum absolute atomic E-state index is 9.10. The molecule has 3 rings (SSSR count). The van der Waals surface area contributed by atoms with Gasteiger partial charge in [0.1, 0.15) is 0 Å². The van der Waals surface area contributed by atoms with Crippen molar-refractivity contribution < 1.29 is 19.8 Å². The first kappa shape index (κ1) is 21.2. The van der Waals surface area contributed by atoms with Crippen LogP contribution in [0.25, 0.3) is 5.57 Å². The van der Waals surface area contributed by atoms with E-state index >= 15 is 0 Å². The number of nitrogens with zero attached hydrogens (tertiary/aromatic N) is 1. The van der Waals surface area contributed by atoms with E-state index in [-0.39, 0.29) is 0 Å². The lowest BCUT2D eigenvalue weighted by Gasteiger charge is -2.32. The summed E-state index contributed by atoms with van der Waals surface area (Å²) in [5, 5.41) is 14.8. The predicted molar refractivity (Wildman–Crippen MR) is 107 cm³/mol. The first-order valence-electron chi connectivity index (χ1n) is 9.79. The van der Waals surface area contributed by atoms with E-state index in [2.05, 4.69) is 49.3 Å². The fraction of sp³-hybridized carbons (Fsp3) is 0.545. The van der Waals surface area contributed by atoms with Crippen molar-refractivity contribution in [1.29, 1.82) is 0 Å². The van der Waals surface area contributed by atoms with Crippen LogP contribution >= 0.6 is 0 Å². The van der Waals surface area contributed by atoms with E-state index in [0.29, 0.717) is 0 Å². The van der Waals surface area contributed by atoms with Gasteiger partial charge >= 0.3 is 11.9 Å². The van der Waals surface area contributed by atoms with E-state index in [4.69, 9.17) is 19.8 Å². The Hall–Kier alpha value is -2.14. The zero-order chi connectivity index (χ0) is 19.8. The second kappa shape index (κ2) is 10.3. The molecule has 0 bridgehead atoms. The molecule has 0 saturated heterocycles. The minimum atomic E-state index is -1.82. The van der Waals surface area contributed by atoms with Crippen molar-refractivity contribution in [2.75, 3.05) is 20.6 Å². The normalized spacial score (nSPS) is 22.9. The topological polar surface area (TPSA) is 77.8 Å². The van der Waals surface area contributed by atoms with Crippen LogP contribution in [0.5, 0.6) is 0 Å². The van der Waals surface area contributed by atoms with Gasteiger partial charge < -0.3 is 15.1 Å². The van der Waals surface area contributed by atoms with Gasteiger partial charge in [-0.2, -0.15) is 0 Å². The average molecular weight is 373 g/mol. The van der Waals surface area contributed by atoms with Crippen molar-refractivity contribution in [2.24, 2.45) is 11.8 Å². The Morgan fingerprint density at radius 3 is 2.41 bits per heavy atom. The summed E-state index contributed by atoms with van der Waals surface area (Å²) in [5.41, 5.74) is 4.82. The van der Waals surface area contributed by atoms with E-state index in [0.717, 1.165) is 18.4 Å². The summed E-state index contributed by atoms with van der Waals surface area (Å²) in [5.74, 6) is -1.90. The third kappa shape index (κ3) is 6.21. The summed E-state index contributed by atoms with van der Waals surface area (Å²) in [7, 11) is 4.34. The number of carboxylic acid groups (broad SMARTS) is 2. The highest BCUT2D eigenvalue weighted by atomic mass is 16.4. The van der Waals surface area contributed by atoms with E-state index < -0.39 is 11.9 Å². The number of hydrogen-bond acceptors (Lipinski definition) is 3. The second-order valence-corrected chi connectivity index (χ2v) is 7.71. The van der Waals surface area contributed by atoms with Gasteiger partial charge in [0, 0.05) is 6.54 Å². The van der Waals surface area contributed by atoms with Crippen LogP contribution in [0.15, 0.2) is 30.3 Å². The Bertz CT molecular complexity index is 669. The van der Waals surface area contributed by atoms with Crippen LogP contribution in [0, 0.1) is 11.8 Å². The lowest BCUT2D eigenvalue weighted by atomic mass is 9.73. The standard InChI is InChI=1S/C20H29N.C2H2O4/c1-21(2)15-7-12-20-18-10-5-3-8-16(18)13-14-17-9-4-6-11-19(17)20;3-1(4)2(5)6/h3,5,8,10,12,17,19H,4,6-7,9,11,13-15H2,1-2H3;(H,3,4)(H,5,6). The smallest absolute Gasteiger partial charge is 0.414 e. The van der Waals surface area contributed by atoms with Crippen molar-refractivity contribution in [3.63, 3.8) is 0 Å². The Morgan fingerprint density at radius 1 is 1.07 bits per heavy atom. The number of aryl methyl sites for hydroxylation is 1. The van der Waals surface area contributed by atoms with E-state index in [1.807, 2.05) is 0 Å². The van der Waals surface area contributed by atoms with Gasteiger partial charge in [-0.15, -0.1) is 0 Å². The van der Waals surface area contributed by atoms with Crippen molar-refractivity contribution in [2.45, 2.75) is 44.9 Å². The average Bonchev–Trinajstić information content (AvgIpc) is 2.80. The minimum Gasteiger partial charge on any atom is -0.473 e. The van der Waals surface area contributed by atoms with Crippen LogP contribution < -0.4 is 0 Å². The number of rotatable bonds is 3. The molecule has 1 fully saturated rings. The molecule has 2 unspecified atom stereocenters. The molecule has 5 nitrogen and oxygen atoms in total. The highest BCUT2D eigenvalue weighted by Crippen LogP contribution is 2.45. The number of aliphatic carboxylic acids is 2.